The third kappa shape index (κ3) is 3.51. The Hall–Kier alpha value is -2.12. The molecule has 0 radical (unpaired) electrons. The quantitative estimate of drug-likeness (QED) is 0.744. The maximum Gasteiger partial charge on any atom is 0.341 e. The summed E-state index contributed by atoms with van der Waals surface area (Å²) in [5, 5.41) is 13.0. The lowest BCUT2D eigenvalue weighted by Gasteiger charge is -2.25. The monoisotopic (exact) mass is 421 g/mol. The Bertz CT molecular complexity index is 1030. The van der Waals surface area contributed by atoms with E-state index in [1.807, 2.05) is 4.90 Å². The first-order chi connectivity index (χ1) is 13.8. The molecule has 4 rings (SSSR count). The van der Waals surface area contributed by atoms with E-state index in [1.165, 1.54) is 6.20 Å². The van der Waals surface area contributed by atoms with Crippen LogP contribution in [0.5, 0.6) is 0 Å². The first-order valence-electron chi connectivity index (χ1n) is 10.1. The van der Waals surface area contributed by atoms with Crippen molar-refractivity contribution in [3.05, 3.63) is 38.9 Å². The van der Waals surface area contributed by atoms with E-state index in [0.717, 1.165) is 31.9 Å². The second-order valence-corrected chi connectivity index (χ2v) is 8.45. The number of nitrogens with zero attached hydrogens (tertiary/aromatic N) is 2. The molecular formula is C21H25ClFN3O3. The van der Waals surface area contributed by atoms with Crippen LogP contribution in [0.15, 0.2) is 17.1 Å². The van der Waals surface area contributed by atoms with Gasteiger partial charge in [-0.2, -0.15) is 0 Å². The van der Waals surface area contributed by atoms with Gasteiger partial charge in [-0.3, -0.25) is 4.79 Å². The summed E-state index contributed by atoms with van der Waals surface area (Å²) in [5.41, 5.74) is -0.309. The summed E-state index contributed by atoms with van der Waals surface area (Å²) >= 11 is 6.69. The Morgan fingerprint density at radius 2 is 2.14 bits per heavy atom. The van der Waals surface area contributed by atoms with Crippen molar-refractivity contribution in [2.75, 3.05) is 24.5 Å². The van der Waals surface area contributed by atoms with E-state index in [-0.39, 0.29) is 22.0 Å². The molecule has 1 aromatic carbocycles. The molecule has 2 aromatic rings. The molecule has 2 fully saturated rings. The van der Waals surface area contributed by atoms with Gasteiger partial charge < -0.3 is 19.9 Å². The van der Waals surface area contributed by atoms with Crippen LogP contribution in [0.3, 0.4) is 0 Å². The summed E-state index contributed by atoms with van der Waals surface area (Å²) < 4.78 is 16.9. The highest BCUT2D eigenvalue weighted by Gasteiger charge is 2.33. The van der Waals surface area contributed by atoms with Gasteiger partial charge in [0.15, 0.2) is 0 Å². The molecule has 0 bridgehead atoms. The highest BCUT2D eigenvalue weighted by molar-refractivity contribution is 6.38. The average Bonchev–Trinajstić information content (AvgIpc) is 3.40. The zero-order valence-corrected chi connectivity index (χ0v) is 17.3. The lowest BCUT2D eigenvalue weighted by Crippen LogP contribution is -2.35. The normalized spacial score (nSPS) is 20.4. The van der Waals surface area contributed by atoms with Gasteiger partial charge in [-0.05, 0) is 44.7 Å². The smallest absolute Gasteiger partial charge is 0.341 e. The fourth-order valence-corrected chi connectivity index (χ4v) is 4.81. The van der Waals surface area contributed by atoms with E-state index in [4.69, 9.17) is 11.6 Å². The molecule has 6 nitrogen and oxygen atoms in total. The predicted octanol–water partition coefficient (Wildman–Crippen LogP) is 3.65. The van der Waals surface area contributed by atoms with E-state index in [1.54, 1.807) is 4.57 Å². The number of nitrogens with one attached hydrogen (secondary N) is 1. The van der Waals surface area contributed by atoms with Crippen molar-refractivity contribution >= 4 is 34.2 Å². The Kier molecular flexibility index (Phi) is 5.29. The minimum Gasteiger partial charge on any atom is -0.477 e. The van der Waals surface area contributed by atoms with Crippen LogP contribution in [0.2, 0.25) is 5.02 Å². The molecule has 2 heterocycles. The largest absolute Gasteiger partial charge is 0.477 e. The second kappa shape index (κ2) is 7.61. The first-order valence-corrected chi connectivity index (χ1v) is 10.5. The molecule has 1 aliphatic carbocycles. The number of carboxylic acids is 1. The molecule has 0 spiro atoms. The number of fused-ring (bicyclic) bond motifs is 1. The summed E-state index contributed by atoms with van der Waals surface area (Å²) in [6.07, 6.45) is 4.05. The molecule has 29 heavy (non-hydrogen) atoms. The van der Waals surface area contributed by atoms with Gasteiger partial charge >= 0.3 is 5.97 Å². The second-order valence-electron chi connectivity index (χ2n) is 8.07. The fraction of sp³-hybridized carbons (Fsp3) is 0.524. The van der Waals surface area contributed by atoms with Gasteiger partial charge in [0, 0.05) is 31.4 Å². The van der Waals surface area contributed by atoms with E-state index >= 15 is 4.39 Å². The molecular weight excluding hydrogens is 397 g/mol. The summed E-state index contributed by atoms with van der Waals surface area (Å²) in [6, 6.07) is 1.56. The standard InChI is InChI=1S/C21H25ClFN3O3/c1-3-24-11(2)12-6-7-25(9-12)19-16(23)8-14-18(17(19)22)26(13-4-5-13)10-15(20(14)27)21(28)29/h8,10-13,24H,3-7,9H2,1-2H3,(H,28,29)/t11-,12+/m0/s1. The summed E-state index contributed by atoms with van der Waals surface area (Å²) in [5.74, 6) is -1.52. The zero-order chi connectivity index (χ0) is 20.9. The van der Waals surface area contributed by atoms with Crippen LogP contribution in [-0.4, -0.2) is 41.3 Å². The Morgan fingerprint density at radius 3 is 2.76 bits per heavy atom. The number of hydrogen-bond donors (Lipinski definition) is 2. The van der Waals surface area contributed by atoms with Gasteiger partial charge in [0.05, 0.1) is 21.6 Å². The van der Waals surface area contributed by atoms with Crippen molar-refractivity contribution in [2.45, 2.75) is 45.2 Å². The first kappa shape index (κ1) is 20.2. The number of carbonyl (C=O) groups is 1. The third-order valence-electron chi connectivity index (χ3n) is 6.13. The van der Waals surface area contributed by atoms with E-state index in [9.17, 15) is 14.7 Å². The van der Waals surface area contributed by atoms with Gasteiger partial charge in [0.1, 0.15) is 11.4 Å². The molecule has 0 unspecified atom stereocenters. The number of halogens is 2. The van der Waals surface area contributed by atoms with Crippen LogP contribution in [0.4, 0.5) is 10.1 Å². The van der Waals surface area contributed by atoms with Gasteiger partial charge in [0.2, 0.25) is 5.43 Å². The predicted molar refractivity (Wildman–Crippen MR) is 112 cm³/mol. The number of benzene rings is 1. The van der Waals surface area contributed by atoms with Crippen LogP contribution in [0, 0.1) is 11.7 Å². The van der Waals surface area contributed by atoms with Gasteiger partial charge in [-0.25, -0.2) is 9.18 Å². The Morgan fingerprint density at radius 1 is 1.41 bits per heavy atom. The van der Waals surface area contributed by atoms with Crippen molar-refractivity contribution in [3.8, 4) is 0 Å². The SMILES string of the molecule is CCN[C@@H](C)[C@@H]1CCN(c2c(F)cc3c(=O)c(C(=O)O)cn(C4CC4)c3c2Cl)C1. The maximum absolute atomic E-state index is 15.1. The maximum atomic E-state index is 15.1. The number of rotatable bonds is 6. The molecule has 2 aliphatic rings. The fourth-order valence-electron chi connectivity index (χ4n) is 4.40. The molecule has 1 aromatic heterocycles. The lowest BCUT2D eigenvalue weighted by molar-refractivity contribution is 0.0695. The number of carboxylic acid groups (broad SMARTS) is 1. The van der Waals surface area contributed by atoms with Gasteiger partial charge in [0.25, 0.3) is 0 Å². The van der Waals surface area contributed by atoms with Crippen LogP contribution < -0.4 is 15.6 Å². The number of aromatic nitrogens is 1. The highest BCUT2D eigenvalue weighted by Crippen LogP contribution is 2.43. The van der Waals surface area contributed by atoms with Crippen molar-refractivity contribution in [3.63, 3.8) is 0 Å². The van der Waals surface area contributed by atoms with Gasteiger partial charge in [-0.15, -0.1) is 0 Å². The molecule has 1 saturated heterocycles. The van der Waals surface area contributed by atoms with Crippen LogP contribution >= 0.6 is 11.6 Å². The third-order valence-corrected chi connectivity index (χ3v) is 6.49. The molecule has 156 valence electrons. The number of hydrogen-bond acceptors (Lipinski definition) is 4. The minimum absolute atomic E-state index is 0.0276. The van der Waals surface area contributed by atoms with Gasteiger partial charge in [-0.1, -0.05) is 18.5 Å². The Balaban J connectivity index is 1.83. The van der Waals surface area contributed by atoms with E-state index in [0.29, 0.717) is 36.3 Å². The minimum atomic E-state index is -1.31. The van der Waals surface area contributed by atoms with Crippen LogP contribution in [0.25, 0.3) is 10.9 Å². The highest BCUT2D eigenvalue weighted by atomic mass is 35.5. The van der Waals surface area contributed by atoms with E-state index in [2.05, 4.69) is 19.2 Å². The summed E-state index contributed by atoms with van der Waals surface area (Å²) in [7, 11) is 0. The summed E-state index contributed by atoms with van der Waals surface area (Å²) in [4.78, 5) is 26.1. The molecule has 0 amide bonds. The van der Waals surface area contributed by atoms with Crippen LogP contribution in [-0.2, 0) is 0 Å². The molecule has 2 N–H and O–H groups in total. The average molecular weight is 422 g/mol. The van der Waals surface area contributed by atoms with E-state index < -0.39 is 17.2 Å². The van der Waals surface area contributed by atoms with Crippen molar-refractivity contribution in [1.29, 1.82) is 0 Å². The molecule has 8 heteroatoms. The van der Waals surface area contributed by atoms with Crippen molar-refractivity contribution < 1.29 is 14.3 Å². The molecule has 2 atom stereocenters. The number of pyridine rings is 1. The molecule has 1 saturated carbocycles. The number of aromatic carboxylic acids is 1. The Labute approximate surface area is 173 Å². The summed E-state index contributed by atoms with van der Waals surface area (Å²) in [6.45, 7) is 6.43. The van der Waals surface area contributed by atoms with Crippen molar-refractivity contribution in [2.24, 2.45) is 5.92 Å². The number of anilines is 1. The molecule has 1 aliphatic heterocycles. The van der Waals surface area contributed by atoms with Crippen molar-refractivity contribution in [1.82, 2.24) is 9.88 Å². The lowest BCUT2D eigenvalue weighted by atomic mass is 10.0. The van der Waals surface area contributed by atoms with Crippen LogP contribution in [0.1, 0.15) is 49.5 Å². The topological polar surface area (TPSA) is 74.6 Å². The zero-order valence-electron chi connectivity index (χ0n) is 16.5.